The van der Waals surface area contributed by atoms with Gasteiger partial charge in [0.05, 0.1) is 6.10 Å². The molecule has 2 atom stereocenters. The van der Waals surface area contributed by atoms with Crippen LogP contribution < -0.4 is 5.32 Å². The molecule has 1 saturated carbocycles. The van der Waals surface area contributed by atoms with E-state index in [0.717, 1.165) is 63.2 Å². The lowest BCUT2D eigenvalue weighted by Crippen LogP contribution is -2.21. The van der Waals surface area contributed by atoms with E-state index in [9.17, 15) is 5.11 Å². The topological polar surface area (TPSA) is 66.2 Å². The van der Waals surface area contributed by atoms with Crippen molar-refractivity contribution < 1.29 is 5.11 Å². The van der Waals surface area contributed by atoms with Gasteiger partial charge in [0.2, 0.25) is 5.95 Å². The van der Waals surface area contributed by atoms with Gasteiger partial charge < -0.3 is 19.9 Å². The molecule has 2 N–H and O–H groups in total. The molecular formula is C22H35N5O. The minimum absolute atomic E-state index is 0.136. The van der Waals surface area contributed by atoms with Crippen LogP contribution in [-0.4, -0.2) is 56.8 Å². The first-order valence-electron chi connectivity index (χ1n) is 11.1. The number of likely N-dealkylation sites (N-methyl/N-ethyl adjacent to an activating group) is 1. The molecule has 0 bridgehead atoms. The van der Waals surface area contributed by atoms with E-state index in [1.807, 2.05) is 6.20 Å². The van der Waals surface area contributed by atoms with E-state index in [0.29, 0.717) is 18.0 Å². The lowest BCUT2D eigenvalue weighted by molar-refractivity contribution is 0.111. The van der Waals surface area contributed by atoms with Gasteiger partial charge in [-0.2, -0.15) is 4.98 Å². The van der Waals surface area contributed by atoms with Crippen LogP contribution in [0.1, 0.15) is 76.3 Å². The van der Waals surface area contributed by atoms with Crippen LogP contribution in [0.5, 0.6) is 0 Å². The van der Waals surface area contributed by atoms with Crippen LogP contribution in [0.2, 0.25) is 0 Å². The van der Waals surface area contributed by atoms with Crippen molar-refractivity contribution >= 4 is 17.0 Å². The van der Waals surface area contributed by atoms with Crippen LogP contribution in [0.4, 0.5) is 5.95 Å². The van der Waals surface area contributed by atoms with Crippen LogP contribution in [0, 0.1) is 0 Å². The zero-order valence-corrected chi connectivity index (χ0v) is 17.6. The minimum atomic E-state index is -0.136. The summed E-state index contributed by atoms with van der Waals surface area (Å²) in [5.41, 5.74) is 2.46. The summed E-state index contributed by atoms with van der Waals surface area (Å²) in [6.07, 6.45) is 11.5. The monoisotopic (exact) mass is 385 g/mol. The Morgan fingerprint density at radius 3 is 2.71 bits per heavy atom. The van der Waals surface area contributed by atoms with Crippen molar-refractivity contribution in [3.63, 3.8) is 0 Å². The molecule has 3 heterocycles. The number of aliphatic hydroxyl groups excluding tert-OH is 1. The van der Waals surface area contributed by atoms with Gasteiger partial charge in [0.15, 0.2) is 0 Å². The third-order valence-electron chi connectivity index (χ3n) is 6.59. The summed E-state index contributed by atoms with van der Waals surface area (Å²) >= 11 is 0. The average molecular weight is 386 g/mol. The van der Waals surface area contributed by atoms with Crippen LogP contribution in [-0.2, 0) is 0 Å². The molecule has 2 aromatic rings. The summed E-state index contributed by atoms with van der Waals surface area (Å²) in [7, 11) is 2.20. The normalized spacial score (nSPS) is 27.4. The second-order valence-corrected chi connectivity index (χ2v) is 8.97. The largest absolute Gasteiger partial charge is 0.393 e. The smallest absolute Gasteiger partial charge is 0.224 e. The predicted octanol–water partition coefficient (Wildman–Crippen LogP) is 3.93. The fraction of sp³-hybridized carbons (Fsp3) is 0.727. The highest BCUT2D eigenvalue weighted by Gasteiger charge is 2.28. The summed E-state index contributed by atoms with van der Waals surface area (Å²) in [5, 5.41) is 14.6. The van der Waals surface area contributed by atoms with E-state index >= 15 is 0 Å². The molecule has 1 aliphatic heterocycles. The van der Waals surface area contributed by atoms with E-state index in [-0.39, 0.29) is 6.10 Å². The molecule has 2 unspecified atom stereocenters. The van der Waals surface area contributed by atoms with Crippen molar-refractivity contribution in [2.45, 2.75) is 82.9 Å². The zero-order chi connectivity index (χ0) is 19.7. The fourth-order valence-electron chi connectivity index (χ4n) is 4.98. The average Bonchev–Trinajstić information content (AvgIpc) is 3.26. The summed E-state index contributed by atoms with van der Waals surface area (Å²) in [6.45, 7) is 6.66. The number of nitrogens with zero attached hydrogens (tertiary/aromatic N) is 4. The molecule has 2 aliphatic rings. The van der Waals surface area contributed by atoms with E-state index in [1.165, 1.54) is 17.4 Å². The highest BCUT2D eigenvalue weighted by Crippen LogP contribution is 2.37. The Labute approximate surface area is 168 Å². The molecule has 154 valence electrons. The van der Waals surface area contributed by atoms with Crippen molar-refractivity contribution in [3.8, 4) is 0 Å². The maximum atomic E-state index is 9.94. The van der Waals surface area contributed by atoms with Gasteiger partial charge in [0.1, 0.15) is 5.65 Å². The van der Waals surface area contributed by atoms with Gasteiger partial charge in [-0.1, -0.05) is 13.3 Å². The first-order valence-corrected chi connectivity index (χ1v) is 11.1. The fourth-order valence-corrected chi connectivity index (χ4v) is 4.98. The summed E-state index contributed by atoms with van der Waals surface area (Å²) < 4.78 is 2.40. The van der Waals surface area contributed by atoms with Crippen LogP contribution >= 0.6 is 0 Å². The van der Waals surface area contributed by atoms with Crippen molar-refractivity contribution in [2.24, 2.45) is 0 Å². The highest BCUT2D eigenvalue weighted by molar-refractivity contribution is 5.81. The lowest BCUT2D eigenvalue weighted by Gasteiger charge is -2.27. The van der Waals surface area contributed by atoms with Crippen molar-refractivity contribution in [1.29, 1.82) is 0 Å². The Morgan fingerprint density at radius 2 is 2.04 bits per heavy atom. The van der Waals surface area contributed by atoms with Gasteiger partial charge in [-0.3, -0.25) is 0 Å². The van der Waals surface area contributed by atoms with Crippen LogP contribution in [0.25, 0.3) is 11.0 Å². The standard InChI is InChI=1S/C22H35N5O/c1-4-5-15(2)24-22-23-12-19-20(16-10-11-26(3)13-16)14-27(21(19)25-22)17-6-8-18(28)9-7-17/h12,14-18,28H,4-11,13H2,1-3H3,(H,23,24,25). The van der Waals surface area contributed by atoms with Crippen molar-refractivity contribution in [2.75, 3.05) is 25.5 Å². The number of hydrogen-bond donors (Lipinski definition) is 2. The summed E-state index contributed by atoms with van der Waals surface area (Å²) in [5.74, 6) is 1.29. The zero-order valence-electron chi connectivity index (χ0n) is 17.6. The lowest BCUT2D eigenvalue weighted by atomic mass is 9.93. The predicted molar refractivity (Wildman–Crippen MR) is 114 cm³/mol. The number of aromatic nitrogens is 3. The Balaban J connectivity index is 1.69. The Morgan fingerprint density at radius 1 is 1.25 bits per heavy atom. The van der Waals surface area contributed by atoms with Crippen LogP contribution in [0.15, 0.2) is 12.4 Å². The van der Waals surface area contributed by atoms with E-state index < -0.39 is 0 Å². The van der Waals surface area contributed by atoms with Crippen molar-refractivity contribution in [3.05, 3.63) is 18.0 Å². The molecule has 4 rings (SSSR count). The number of anilines is 1. The highest BCUT2D eigenvalue weighted by atomic mass is 16.3. The molecule has 1 saturated heterocycles. The molecule has 2 aromatic heterocycles. The number of likely N-dealkylation sites (tertiary alicyclic amines) is 1. The number of aliphatic hydroxyl groups is 1. The SMILES string of the molecule is CCCC(C)Nc1ncc2c(C3CCN(C)C3)cn(C3CCC(O)CC3)c2n1. The molecule has 6 heteroatoms. The molecule has 28 heavy (non-hydrogen) atoms. The third-order valence-corrected chi connectivity index (χ3v) is 6.59. The summed E-state index contributed by atoms with van der Waals surface area (Å²) in [6, 6.07) is 0.799. The van der Waals surface area contributed by atoms with Gasteiger partial charge in [-0.15, -0.1) is 0 Å². The van der Waals surface area contributed by atoms with Gasteiger partial charge in [0, 0.05) is 42.3 Å². The second-order valence-electron chi connectivity index (χ2n) is 8.97. The Bertz CT molecular complexity index is 796. The molecule has 6 nitrogen and oxygen atoms in total. The van der Waals surface area contributed by atoms with E-state index in [4.69, 9.17) is 4.98 Å². The molecule has 0 aromatic carbocycles. The third kappa shape index (κ3) is 4.03. The van der Waals surface area contributed by atoms with Crippen molar-refractivity contribution in [1.82, 2.24) is 19.4 Å². The van der Waals surface area contributed by atoms with Gasteiger partial charge in [-0.25, -0.2) is 4.98 Å². The van der Waals surface area contributed by atoms with Gasteiger partial charge in [0.25, 0.3) is 0 Å². The second kappa shape index (κ2) is 8.37. The Hall–Kier alpha value is -1.66. The number of rotatable bonds is 6. The molecule has 2 fully saturated rings. The molecule has 0 radical (unpaired) electrons. The molecule has 0 amide bonds. The van der Waals surface area contributed by atoms with Crippen LogP contribution in [0.3, 0.4) is 0 Å². The first-order chi connectivity index (χ1) is 13.5. The first kappa shape index (κ1) is 19.6. The number of hydrogen-bond acceptors (Lipinski definition) is 5. The quantitative estimate of drug-likeness (QED) is 0.789. The maximum Gasteiger partial charge on any atom is 0.224 e. The Kier molecular flexibility index (Phi) is 5.88. The van der Waals surface area contributed by atoms with Gasteiger partial charge >= 0.3 is 0 Å². The molecule has 0 spiro atoms. The molecular weight excluding hydrogens is 350 g/mol. The molecule has 1 aliphatic carbocycles. The van der Waals surface area contributed by atoms with E-state index in [2.05, 4.69) is 46.9 Å². The number of nitrogens with one attached hydrogen (secondary N) is 1. The maximum absolute atomic E-state index is 9.94. The minimum Gasteiger partial charge on any atom is -0.393 e. The van der Waals surface area contributed by atoms with Gasteiger partial charge in [-0.05, 0) is 64.6 Å². The summed E-state index contributed by atoms with van der Waals surface area (Å²) in [4.78, 5) is 12.0. The number of fused-ring (bicyclic) bond motifs is 1. The van der Waals surface area contributed by atoms with E-state index in [1.54, 1.807) is 0 Å².